The van der Waals surface area contributed by atoms with Crippen molar-refractivity contribution in [2.45, 2.75) is 39.3 Å². The smallest absolute Gasteiger partial charge is 0.329 e. The number of aromatic nitrogens is 2. The van der Waals surface area contributed by atoms with E-state index in [2.05, 4.69) is 4.98 Å². The number of hydrogen-bond acceptors (Lipinski definition) is 7. The molecule has 1 aromatic carbocycles. The number of nitrogens with zero attached hydrogens (tertiary/aromatic N) is 3. The van der Waals surface area contributed by atoms with Gasteiger partial charge in [-0.2, -0.15) is 0 Å². The molecule has 0 radical (unpaired) electrons. The number of carbonyl (C=O) groups excluding carboxylic acids is 2. The molecule has 2 atom stereocenters. The molecule has 2 unspecified atom stereocenters. The Kier molecular flexibility index (Phi) is 5.99. The lowest BCUT2D eigenvalue weighted by Gasteiger charge is -2.37. The molecular weight excluding hydrogens is 414 g/mol. The Bertz CT molecular complexity index is 1100. The van der Waals surface area contributed by atoms with Crippen LogP contribution in [0.25, 0.3) is 22.0 Å². The lowest BCUT2D eigenvalue weighted by molar-refractivity contribution is -0.146. The zero-order chi connectivity index (χ0) is 22.0. The summed E-state index contributed by atoms with van der Waals surface area (Å²) in [6.45, 7) is 5.55. The third kappa shape index (κ3) is 4.03. The standard InChI is InChI=1S/C23H23N3O4S/c1-4-18(23(28)29-5-2)26-19-12-15(9-10-20(19)30-14(3)22(26)27)17-13-31-21(25-17)16-8-6-7-11-24-16/h6-14,18H,4-5H2,1-3H3. The maximum atomic E-state index is 13.0. The average molecular weight is 438 g/mol. The number of ether oxygens (including phenoxy) is 2. The number of thiazole rings is 1. The van der Waals surface area contributed by atoms with E-state index in [9.17, 15) is 9.59 Å². The Hall–Kier alpha value is -3.26. The zero-order valence-electron chi connectivity index (χ0n) is 17.6. The summed E-state index contributed by atoms with van der Waals surface area (Å²) in [6.07, 6.45) is 1.48. The van der Waals surface area contributed by atoms with Crippen LogP contribution in [-0.2, 0) is 14.3 Å². The number of esters is 1. The van der Waals surface area contributed by atoms with Crippen LogP contribution in [0.4, 0.5) is 5.69 Å². The molecule has 2 aromatic heterocycles. The highest BCUT2D eigenvalue weighted by atomic mass is 32.1. The van der Waals surface area contributed by atoms with Gasteiger partial charge in [0.25, 0.3) is 5.91 Å². The van der Waals surface area contributed by atoms with E-state index in [-0.39, 0.29) is 12.5 Å². The molecule has 1 aliphatic rings. The van der Waals surface area contributed by atoms with Gasteiger partial charge in [-0.05, 0) is 50.6 Å². The minimum atomic E-state index is -0.715. The van der Waals surface area contributed by atoms with Gasteiger partial charge in [-0.1, -0.05) is 13.0 Å². The van der Waals surface area contributed by atoms with Crippen LogP contribution in [0.1, 0.15) is 27.2 Å². The van der Waals surface area contributed by atoms with Crippen LogP contribution in [0.3, 0.4) is 0 Å². The third-order valence-electron chi connectivity index (χ3n) is 5.05. The van der Waals surface area contributed by atoms with Gasteiger partial charge in [-0.25, -0.2) is 9.78 Å². The highest BCUT2D eigenvalue weighted by Crippen LogP contribution is 2.40. The average Bonchev–Trinajstić information content (AvgIpc) is 3.28. The van der Waals surface area contributed by atoms with E-state index in [4.69, 9.17) is 14.5 Å². The van der Waals surface area contributed by atoms with Crippen molar-refractivity contribution in [3.63, 3.8) is 0 Å². The van der Waals surface area contributed by atoms with Gasteiger partial charge in [-0.3, -0.25) is 14.7 Å². The van der Waals surface area contributed by atoms with E-state index >= 15 is 0 Å². The zero-order valence-corrected chi connectivity index (χ0v) is 18.4. The van der Waals surface area contributed by atoms with Crippen molar-refractivity contribution in [3.05, 3.63) is 48.0 Å². The van der Waals surface area contributed by atoms with Crippen molar-refractivity contribution in [1.29, 1.82) is 0 Å². The largest absolute Gasteiger partial charge is 0.479 e. The molecule has 3 aromatic rings. The van der Waals surface area contributed by atoms with Gasteiger partial charge in [0, 0.05) is 17.1 Å². The monoisotopic (exact) mass is 437 g/mol. The summed E-state index contributed by atoms with van der Waals surface area (Å²) >= 11 is 1.50. The molecule has 0 saturated carbocycles. The summed E-state index contributed by atoms with van der Waals surface area (Å²) in [4.78, 5) is 36.2. The summed E-state index contributed by atoms with van der Waals surface area (Å²) in [5.41, 5.74) is 2.95. The fourth-order valence-corrected chi connectivity index (χ4v) is 4.35. The third-order valence-corrected chi connectivity index (χ3v) is 5.91. The van der Waals surface area contributed by atoms with Crippen molar-refractivity contribution in [3.8, 4) is 27.7 Å². The Morgan fingerprint density at radius 2 is 2.10 bits per heavy atom. The molecule has 0 aliphatic carbocycles. The van der Waals surface area contributed by atoms with Crippen molar-refractivity contribution >= 4 is 28.9 Å². The fraction of sp³-hybridized carbons (Fsp3) is 0.304. The van der Waals surface area contributed by atoms with Gasteiger partial charge >= 0.3 is 5.97 Å². The lowest BCUT2D eigenvalue weighted by atomic mass is 10.0. The first-order valence-electron chi connectivity index (χ1n) is 10.2. The van der Waals surface area contributed by atoms with Crippen molar-refractivity contribution in [1.82, 2.24) is 9.97 Å². The van der Waals surface area contributed by atoms with Gasteiger partial charge in [0.15, 0.2) is 6.10 Å². The van der Waals surface area contributed by atoms with E-state index in [0.717, 1.165) is 22.0 Å². The van der Waals surface area contributed by atoms with Gasteiger partial charge in [0.1, 0.15) is 16.8 Å². The molecule has 7 nitrogen and oxygen atoms in total. The highest BCUT2D eigenvalue weighted by Gasteiger charge is 2.39. The topological polar surface area (TPSA) is 81.6 Å². The number of benzene rings is 1. The highest BCUT2D eigenvalue weighted by molar-refractivity contribution is 7.13. The van der Waals surface area contributed by atoms with Crippen molar-refractivity contribution in [2.24, 2.45) is 0 Å². The molecule has 3 heterocycles. The molecule has 8 heteroatoms. The number of anilines is 1. The van der Waals surface area contributed by atoms with Crippen LogP contribution in [0.2, 0.25) is 0 Å². The first-order valence-corrected chi connectivity index (χ1v) is 11.1. The predicted molar refractivity (Wildman–Crippen MR) is 119 cm³/mol. The first-order chi connectivity index (χ1) is 15.0. The van der Waals surface area contributed by atoms with E-state index in [0.29, 0.717) is 17.9 Å². The Balaban J connectivity index is 1.74. The van der Waals surface area contributed by atoms with Crippen LogP contribution < -0.4 is 9.64 Å². The molecule has 0 saturated heterocycles. The van der Waals surface area contributed by atoms with E-state index < -0.39 is 18.1 Å². The Labute approximate surface area is 184 Å². The summed E-state index contributed by atoms with van der Waals surface area (Å²) in [5, 5.41) is 2.76. The number of pyridine rings is 1. The second-order valence-corrected chi connectivity index (χ2v) is 7.94. The van der Waals surface area contributed by atoms with E-state index in [1.54, 1.807) is 20.0 Å². The first kappa shape index (κ1) is 21.0. The van der Waals surface area contributed by atoms with Gasteiger partial charge in [-0.15, -0.1) is 11.3 Å². The van der Waals surface area contributed by atoms with E-state index in [1.807, 2.05) is 48.7 Å². The number of carbonyl (C=O) groups is 2. The summed E-state index contributed by atoms with van der Waals surface area (Å²) in [6, 6.07) is 10.5. The number of rotatable bonds is 6. The lowest BCUT2D eigenvalue weighted by Crippen LogP contribution is -2.52. The summed E-state index contributed by atoms with van der Waals surface area (Å²) in [7, 11) is 0. The second-order valence-electron chi connectivity index (χ2n) is 7.08. The maximum absolute atomic E-state index is 13.0. The molecule has 0 N–H and O–H groups in total. The molecule has 1 amide bonds. The SMILES string of the molecule is CCOC(=O)C(CC)N1C(=O)C(C)Oc2ccc(-c3csc(-c4ccccn4)n3)cc21. The summed E-state index contributed by atoms with van der Waals surface area (Å²) < 4.78 is 11.0. The number of amides is 1. The molecule has 0 bridgehead atoms. The van der Waals surface area contributed by atoms with Crippen molar-refractivity contribution < 1.29 is 19.1 Å². The van der Waals surface area contributed by atoms with E-state index in [1.165, 1.54) is 16.2 Å². The second kappa shape index (κ2) is 8.85. The molecule has 4 rings (SSSR count). The molecule has 0 spiro atoms. The van der Waals surface area contributed by atoms with Crippen LogP contribution in [-0.4, -0.2) is 40.6 Å². The van der Waals surface area contributed by atoms with Gasteiger partial charge < -0.3 is 9.47 Å². The number of hydrogen-bond donors (Lipinski definition) is 0. The quantitative estimate of drug-likeness (QED) is 0.534. The molecule has 1 aliphatic heterocycles. The fourth-order valence-electron chi connectivity index (χ4n) is 3.55. The minimum absolute atomic E-state index is 0.255. The molecule has 31 heavy (non-hydrogen) atoms. The summed E-state index contributed by atoms with van der Waals surface area (Å²) in [5.74, 6) is -0.134. The van der Waals surface area contributed by atoms with Crippen LogP contribution in [0.5, 0.6) is 5.75 Å². The minimum Gasteiger partial charge on any atom is -0.479 e. The normalized spacial score (nSPS) is 16.4. The van der Waals surface area contributed by atoms with Crippen LogP contribution in [0.15, 0.2) is 48.0 Å². The molecular formula is C23H23N3O4S. The van der Waals surface area contributed by atoms with Crippen LogP contribution >= 0.6 is 11.3 Å². The predicted octanol–water partition coefficient (Wildman–Crippen LogP) is 4.33. The van der Waals surface area contributed by atoms with Gasteiger partial charge in [0.2, 0.25) is 0 Å². The Morgan fingerprint density at radius 1 is 1.26 bits per heavy atom. The molecule has 0 fully saturated rings. The Morgan fingerprint density at radius 3 is 2.81 bits per heavy atom. The van der Waals surface area contributed by atoms with Crippen molar-refractivity contribution in [2.75, 3.05) is 11.5 Å². The number of fused-ring (bicyclic) bond motifs is 1. The maximum Gasteiger partial charge on any atom is 0.329 e. The van der Waals surface area contributed by atoms with Gasteiger partial charge in [0.05, 0.1) is 23.7 Å². The van der Waals surface area contributed by atoms with Crippen LogP contribution in [0, 0.1) is 0 Å². The molecule has 160 valence electrons.